The first-order valence-electron chi connectivity index (χ1n) is 20.5. The van der Waals surface area contributed by atoms with Gasteiger partial charge in [-0.1, -0.05) is 84.9 Å². The Bertz CT molecular complexity index is 2650. The molecule has 4 amide bonds. The molecule has 2 aliphatic rings. The molecule has 2 saturated heterocycles. The van der Waals surface area contributed by atoms with Crippen LogP contribution in [-0.2, 0) is 19.1 Å². The van der Waals surface area contributed by atoms with Crippen LogP contribution in [0.1, 0.15) is 72.4 Å². The number of hydrogen-bond acceptors (Lipinski definition) is 10. The largest absolute Gasteiger partial charge is 0.453 e. The molecule has 314 valence electrons. The van der Waals surface area contributed by atoms with Gasteiger partial charge in [0.2, 0.25) is 5.91 Å². The molecule has 1 unspecified atom stereocenters. The fourth-order valence-corrected chi connectivity index (χ4v) is 8.53. The third-order valence-corrected chi connectivity index (χ3v) is 11.6. The van der Waals surface area contributed by atoms with Crippen molar-refractivity contribution in [2.45, 2.75) is 49.9 Å². The van der Waals surface area contributed by atoms with Crippen LogP contribution in [0, 0.1) is 0 Å². The molecule has 4 N–H and O–H groups in total. The van der Waals surface area contributed by atoms with E-state index in [4.69, 9.17) is 19.4 Å². The SMILES string of the molecule is COC(=O)N[C@@H](C(=O)N1CCCC1c1cnc2nc(-c3ccc(-c4cnc5nc([C@@H]6CCCN6C(=O)[C@H](NC(=O)OC)c6ccccc6)[nH]c5c4)cc3)[nH]c2c1)c1ccccc1. The molecule has 0 radical (unpaired) electrons. The average Bonchev–Trinajstić information content (AvgIpc) is 4.16. The first-order chi connectivity index (χ1) is 30.3. The van der Waals surface area contributed by atoms with Gasteiger partial charge in [-0.25, -0.2) is 29.5 Å². The second-order valence-electron chi connectivity index (χ2n) is 15.4. The molecule has 4 aromatic heterocycles. The summed E-state index contributed by atoms with van der Waals surface area (Å²) in [6.07, 6.45) is 5.25. The Morgan fingerprint density at radius 1 is 0.629 bits per heavy atom. The molecular formula is C46H44N10O6. The third kappa shape index (κ3) is 7.89. The minimum Gasteiger partial charge on any atom is -0.453 e. The van der Waals surface area contributed by atoms with Gasteiger partial charge < -0.3 is 39.9 Å². The topological polar surface area (TPSA) is 200 Å². The van der Waals surface area contributed by atoms with Gasteiger partial charge in [-0.15, -0.1) is 0 Å². The number of alkyl carbamates (subject to hydrolysis) is 2. The Morgan fingerprint density at radius 2 is 1.16 bits per heavy atom. The maximum absolute atomic E-state index is 14.0. The summed E-state index contributed by atoms with van der Waals surface area (Å²) in [5, 5.41) is 5.42. The number of H-pyrrole nitrogens is 2. The highest BCUT2D eigenvalue weighted by atomic mass is 16.5. The van der Waals surface area contributed by atoms with Crippen molar-refractivity contribution in [1.82, 2.24) is 50.3 Å². The highest BCUT2D eigenvalue weighted by Gasteiger charge is 2.38. The maximum Gasteiger partial charge on any atom is 0.407 e. The second-order valence-corrected chi connectivity index (χ2v) is 15.4. The Labute approximate surface area is 356 Å². The lowest BCUT2D eigenvalue weighted by Gasteiger charge is -2.29. The molecular weight excluding hydrogens is 789 g/mol. The number of benzene rings is 3. The summed E-state index contributed by atoms with van der Waals surface area (Å²) >= 11 is 0. The summed E-state index contributed by atoms with van der Waals surface area (Å²) in [6, 6.07) is 27.9. The monoisotopic (exact) mass is 832 g/mol. The van der Waals surface area contributed by atoms with Gasteiger partial charge in [0.1, 0.15) is 23.7 Å². The second kappa shape index (κ2) is 17.2. The van der Waals surface area contributed by atoms with E-state index in [0.717, 1.165) is 52.5 Å². The number of carbonyl (C=O) groups is 4. The number of carbonyl (C=O) groups excluding carboxylic acids is 4. The summed E-state index contributed by atoms with van der Waals surface area (Å²) in [4.78, 5) is 81.8. The van der Waals surface area contributed by atoms with Gasteiger partial charge in [0.25, 0.3) is 5.91 Å². The summed E-state index contributed by atoms with van der Waals surface area (Å²) in [5.41, 5.74) is 7.48. The number of methoxy groups -OCH3 is 2. The highest BCUT2D eigenvalue weighted by Crippen LogP contribution is 2.37. The Hall–Kier alpha value is -7.62. The van der Waals surface area contributed by atoms with Crippen LogP contribution in [0.3, 0.4) is 0 Å². The van der Waals surface area contributed by atoms with Crippen LogP contribution in [0.2, 0.25) is 0 Å². The molecule has 0 bridgehead atoms. The van der Waals surface area contributed by atoms with Crippen molar-refractivity contribution in [3.05, 3.63) is 132 Å². The summed E-state index contributed by atoms with van der Waals surface area (Å²) in [6.45, 7) is 1.07. The molecule has 6 heterocycles. The number of likely N-dealkylation sites (tertiary alicyclic amines) is 2. The van der Waals surface area contributed by atoms with Crippen LogP contribution in [0.5, 0.6) is 0 Å². The lowest BCUT2D eigenvalue weighted by atomic mass is 10.0. The predicted molar refractivity (Wildman–Crippen MR) is 229 cm³/mol. The van der Waals surface area contributed by atoms with Crippen molar-refractivity contribution in [1.29, 1.82) is 0 Å². The number of rotatable bonds is 10. The van der Waals surface area contributed by atoms with Gasteiger partial charge in [0.05, 0.1) is 37.3 Å². The zero-order chi connectivity index (χ0) is 42.7. The first kappa shape index (κ1) is 39.8. The average molecular weight is 833 g/mol. The number of imidazole rings is 2. The molecule has 2 aliphatic heterocycles. The van der Waals surface area contributed by atoms with E-state index >= 15 is 0 Å². The Morgan fingerprint density at radius 3 is 1.77 bits per heavy atom. The molecule has 0 saturated carbocycles. The minimum atomic E-state index is -0.910. The molecule has 4 atom stereocenters. The lowest BCUT2D eigenvalue weighted by molar-refractivity contribution is -0.135. The van der Waals surface area contributed by atoms with Crippen molar-refractivity contribution in [2.75, 3.05) is 27.3 Å². The molecule has 0 spiro atoms. The molecule has 3 aromatic carbocycles. The fourth-order valence-electron chi connectivity index (χ4n) is 8.53. The summed E-state index contributed by atoms with van der Waals surface area (Å²) < 4.78 is 9.67. The van der Waals surface area contributed by atoms with Crippen LogP contribution in [0.4, 0.5) is 9.59 Å². The smallest absolute Gasteiger partial charge is 0.407 e. The van der Waals surface area contributed by atoms with Gasteiger partial charge in [0, 0.05) is 36.6 Å². The summed E-state index contributed by atoms with van der Waals surface area (Å²) in [7, 11) is 2.55. The number of ether oxygens (including phenoxy) is 2. The Kier molecular flexibility index (Phi) is 11.0. The van der Waals surface area contributed by atoms with E-state index in [9.17, 15) is 19.2 Å². The van der Waals surface area contributed by atoms with E-state index in [1.165, 1.54) is 14.2 Å². The summed E-state index contributed by atoms with van der Waals surface area (Å²) in [5.74, 6) is 0.834. The zero-order valence-electron chi connectivity index (χ0n) is 34.1. The number of hydrogen-bond donors (Lipinski definition) is 4. The first-order valence-corrected chi connectivity index (χ1v) is 20.5. The number of nitrogens with zero attached hydrogens (tertiary/aromatic N) is 6. The van der Waals surface area contributed by atoms with Gasteiger partial charge in [-0.2, -0.15) is 0 Å². The number of aromatic nitrogens is 6. The predicted octanol–water partition coefficient (Wildman–Crippen LogP) is 7.08. The number of fused-ring (bicyclic) bond motifs is 2. The molecule has 16 nitrogen and oxygen atoms in total. The van der Waals surface area contributed by atoms with Gasteiger partial charge in [-0.3, -0.25) is 9.59 Å². The van der Waals surface area contributed by atoms with E-state index in [1.807, 2.05) is 89.8 Å². The van der Waals surface area contributed by atoms with E-state index in [2.05, 4.69) is 30.6 Å². The highest BCUT2D eigenvalue weighted by molar-refractivity contribution is 5.89. The van der Waals surface area contributed by atoms with Gasteiger partial charge >= 0.3 is 12.2 Å². The Balaban J connectivity index is 0.910. The number of pyridine rings is 2. The van der Waals surface area contributed by atoms with Crippen LogP contribution < -0.4 is 10.6 Å². The van der Waals surface area contributed by atoms with Crippen molar-refractivity contribution >= 4 is 46.3 Å². The van der Waals surface area contributed by atoms with Gasteiger partial charge in [0.15, 0.2) is 11.3 Å². The van der Waals surface area contributed by atoms with Crippen LogP contribution >= 0.6 is 0 Å². The van der Waals surface area contributed by atoms with E-state index in [-0.39, 0.29) is 23.9 Å². The van der Waals surface area contributed by atoms with E-state index < -0.39 is 24.3 Å². The number of aromatic amines is 2. The lowest BCUT2D eigenvalue weighted by Crippen LogP contribution is -2.42. The molecule has 9 rings (SSSR count). The van der Waals surface area contributed by atoms with Gasteiger partial charge in [-0.05, 0) is 60.1 Å². The molecule has 0 aliphatic carbocycles. The zero-order valence-corrected chi connectivity index (χ0v) is 34.1. The minimum absolute atomic E-state index is 0.215. The molecule has 7 aromatic rings. The molecule has 16 heteroatoms. The van der Waals surface area contributed by atoms with E-state index in [1.54, 1.807) is 29.4 Å². The van der Waals surface area contributed by atoms with Crippen LogP contribution in [0.15, 0.2) is 109 Å². The van der Waals surface area contributed by atoms with Crippen molar-refractivity contribution in [3.63, 3.8) is 0 Å². The van der Waals surface area contributed by atoms with Crippen molar-refractivity contribution in [3.8, 4) is 22.5 Å². The third-order valence-electron chi connectivity index (χ3n) is 11.6. The van der Waals surface area contributed by atoms with Crippen LogP contribution in [0.25, 0.3) is 44.8 Å². The molecule has 62 heavy (non-hydrogen) atoms. The molecule has 2 fully saturated rings. The standard InChI is InChI=1S/C46H44N10O6/c1-61-45(59)51-37(28-11-5-3-6-12-28)43(57)55-21-9-15-35(55)32-24-34-40(48-26-32)53-39(49-34)30-19-17-27(18-20-30)31-23-33-41(47-25-31)54-42(50-33)36-16-10-22-56(36)44(58)38(52-46(60)62-2)29-13-7-4-8-14-29/h3-8,11-14,17-20,23-26,35-38H,9-10,15-16,21-22H2,1-2H3,(H,51,59)(H,52,60)(H,47,50,54)(H,48,49,53)/t35?,36-,37+,38+/m0/s1. The van der Waals surface area contributed by atoms with Crippen LogP contribution in [-0.4, -0.2) is 91.0 Å². The van der Waals surface area contributed by atoms with E-state index in [0.29, 0.717) is 53.6 Å². The fraction of sp³-hybridized carbons (Fsp3) is 0.261. The number of amides is 4. The van der Waals surface area contributed by atoms with Crippen molar-refractivity contribution in [2.24, 2.45) is 0 Å². The quantitative estimate of drug-likeness (QED) is 0.110. The maximum atomic E-state index is 14.0. The normalized spacial score (nSPS) is 17.2. The number of nitrogens with one attached hydrogen (secondary N) is 4. The van der Waals surface area contributed by atoms with Crippen molar-refractivity contribution < 1.29 is 28.7 Å².